The summed E-state index contributed by atoms with van der Waals surface area (Å²) in [5.41, 5.74) is 0. The molecule has 0 bridgehead atoms. The zero-order valence-electron chi connectivity index (χ0n) is 10.8. The molecule has 1 aliphatic heterocycles. The number of rotatable bonds is 4. The fourth-order valence-corrected chi connectivity index (χ4v) is 2.03. The van der Waals surface area contributed by atoms with E-state index in [9.17, 15) is 14.4 Å². The van der Waals surface area contributed by atoms with Gasteiger partial charge in [-0.25, -0.2) is 0 Å². The Morgan fingerprint density at radius 1 is 1.33 bits per heavy atom. The van der Waals surface area contributed by atoms with Gasteiger partial charge in [-0.2, -0.15) is 0 Å². The Bertz CT molecular complexity index is 335. The average Bonchev–Trinajstić information content (AvgIpc) is 2.35. The second-order valence-electron chi connectivity index (χ2n) is 4.77. The van der Waals surface area contributed by atoms with Crippen LogP contribution in [0.3, 0.4) is 0 Å². The lowest BCUT2D eigenvalue weighted by Gasteiger charge is -2.32. The van der Waals surface area contributed by atoms with Gasteiger partial charge in [0.05, 0.1) is 0 Å². The number of likely N-dealkylation sites (tertiary alicyclic amines) is 1. The quantitative estimate of drug-likeness (QED) is 0.697. The van der Waals surface area contributed by atoms with Crippen molar-refractivity contribution >= 4 is 17.8 Å². The van der Waals surface area contributed by atoms with Crippen molar-refractivity contribution in [3.05, 3.63) is 0 Å². The predicted molar refractivity (Wildman–Crippen MR) is 64.8 cm³/mol. The molecule has 0 aliphatic carbocycles. The van der Waals surface area contributed by atoms with Gasteiger partial charge in [-0.3, -0.25) is 14.4 Å². The molecule has 6 heteroatoms. The third-order valence-electron chi connectivity index (χ3n) is 3.31. The molecule has 0 aromatic carbocycles. The van der Waals surface area contributed by atoms with E-state index in [0.29, 0.717) is 25.6 Å². The number of piperidine rings is 1. The number of hydrogen-bond donors (Lipinski definition) is 2. The summed E-state index contributed by atoms with van der Waals surface area (Å²) >= 11 is 0. The highest BCUT2D eigenvalue weighted by molar-refractivity contribution is 5.96. The summed E-state index contributed by atoms with van der Waals surface area (Å²) < 4.78 is 0. The molecule has 18 heavy (non-hydrogen) atoms. The van der Waals surface area contributed by atoms with Crippen LogP contribution in [0.5, 0.6) is 0 Å². The molecule has 0 aromatic heterocycles. The van der Waals surface area contributed by atoms with Crippen LogP contribution in [0.4, 0.5) is 0 Å². The Morgan fingerprint density at radius 3 is 2.33 bits per heavy atom. The maximum absolute atomic E-state index is 11.8. The molecule has 1 saturated heterocycles. The minimum Gasteiger partial charge on any atom is -0.481 e. The molecular weight excluding hydrogens is 236 g/mol. The van der Waals surface area contributed by atoms with E-state index in [4.69, 9.17) is 5.11 Å². The number of hydrogen-bond acceptors (Lipinski definition) is 3. The van der Waals surface area contributed by atoms with Crippen LogP contribution in [0, 0.1) is 11.8 Å². The standard InChI is InChI=1S/C12H20N2O4/c1-8(12(17)18)11(16)14-5-3-10(4-6-14)7-13-9(2)15/h8,10H,3-7H2,1-2H3,(H,13,15)(H,17,18). The van der Waals surface area contributed by atoms with Crippen LogP contribution in [0.25, 0.3) is 0 Å². The minimum absolute atomic E-state index is 0.0481. The molecule has 1 unspecified atom stereocenters. The van der Waals surface area contributed by atoms with Crippen molar-refractivity contribution < 1.29 is 19.5 Å². The van der Waals surface area contributed by atoms with Crippen molar-refractivity contribution in [3.8, 4) is 0 Å². The molecule has 1 fully saturated rings. The first kappa shape index (κ1) is 14.5. The van der Waals surface area contributed by atoms with Crippen LogP contribution < -0.4 is 5.32 Å². The largest absolute Gasteiger partial charge is 0.481 e. The summed E-state index contributed by atoms with van der Waals surface area (Å²) in [6, 6.07) is 0. The number of nitrogens with zero attached hydrogens (tertiary/aromatic N) is 1. The first-order valence-corrected chi connectivity index (χ1v) is 6.18. The Labute approximate surface area is 106 Å². The van der Waals surface area contributed by atoms with Crippen LogP contribution in [-0.2, 0) is 14.4 Å². The Hall–Kier alpha value is -1.59. The van der Waals surface area contributed by atoms with Gasteiger partial charge >= 0.3 is 5.97 Å². The maximum atomic E-state index is 11.8. The van der Waals surface area contributed by atoms with Crippen molar-refractivity contribution in [1.82, 2.24) is 10.2 Å². The molecule has 0 radical (unpaired) electrons. The summed E-state index contributed by atoms with van der Waals surface area (Å²) in [4.78, 5) is 34.9. The molecule has 0 spiro atoms. The van der Waals surface area contributed by atoms with Gasteiger partial charge in [-0.15, -0.1) is 0 Å². The van der Waals surface area contributed by atoms with E-state index < -0.39 is 11.9 Å². The molecule has 2 amide bonds. The topological polar surface area (TPSA) is 86.7 Å². The van der Waals surface area contributed by atoms with E-state index in [1.54, 1.807) is 4.90 Å². The monoisotopic (exact) mass is 256 g/mol. The third kappa shape index (κ3) is 4.01. The Kier molecular flexibility index (Phi) is 5.12. The van der Waals surface area contributed by atoms with Gasteiger partial charge < -0.3 is 15.3 Å². The molecule has 1 atom stereocenters. The van der Waals surface area contributed by atoms with Crippen LogP contribution >= 0.6 is 0 Å². The van der Waals surface area contributed by atoms with Crippen molar-refractivity contribution in [1.29, 1.82) is 0 Å². The van der Waals surface area contributed by atoms with Crippen molar-refractivity contribution in [3.63, 3.8) is 0 Å². The van der Waals surface area contributed by atoms with Gasteiger partial charge in [-0.05, 0) is 25.7 Å². The van der Waals surface area contributed by atoms with Crippen LogP contribution in [0.2, 0.25) is 0 Å². The molecular formula is C12H20N2O4. The fourth-order valence-electron chi connectivity index (χ4n) is 2.03. The van der Waals surface area contributed by atoms with Crippen molar-refractivity contribution in [2.45, 2.75) is 26.7 Å². The van der Waals surface area contributed by atoms with Gasteiger partial charge in [0, 0.05) is 26.6 Å². The van der Waals surface area contributed by atoms with Crippen molar-refractivity contribution in [2.24, 2.45) is 11.8 Å². The molecule has 2 N–H and O–H groups in total. The summed E-state index contributed by atoms with van der Waals surface area (Å²) in [6.07, 6.45) is 1.61. The molecule has 1 rings (SSSR count). The summed E-state index contributed by atoms with van der Waals surface area (Å²) in [5.74, 6) is -2.05. The van der Waals surface area contributed by atoms with Crippen molar-refractivity contribution in [2.75, 3.05) is 19.6 Å². The number of carboxylic acid groups (broad SMARTS) is 1. The number of nitrogens with one attached hydrogen (secondary N) is 1. The molecule has 6 nitrogen and oxygen atoms in total. The smallest absolute Gasteiger partial charge is 0.315 e. The second-order valence-corrected chi connectivity index (χ2v) is 4.77. The van der Waals surface area contributed by atoms with E-state index in [1.165, 1.54) is 13.8 Å². The lowest BCUT2D eigenvalue weighted by atomic mass is 9.96. The number of carboxylic acids is 1. The van der Waals surface area contributed by atoms with E-state index in [-0.39, 0.29) is 11.8 Å². The number of aliphatic carboxylic acids is 1. The predicted octanol–water partition coefficient (Wildman–Crippen LogP) is 0.0818. The molecule has 102 valence electrons. The number of carbonyl (C=O) groups is 3. The van der Waals surface area contributed by atoms with E-state index in [2.05, 4.69) is 5.32 Å². The highest BCUT2D eigenvalue weighted by Crippen LogP contribution is 2.18. The minimum atomic E-state index is -1.08. The third-order valence-corrected chi connectivity index (χ3v) is 3.31. The van der Waals surface area contributed by atoms with Gasteiger partial charge in [0.2, 0.25) is 11.8 Å². The number of amides is 2. The first-order valence-electron chi connectivity index (χ1n) is 6.18. The zero-order valence-corrected chi connectivity index (χ0v) is 10.8. The van der Waals surface area contributed by atoms with Crippen LogP contribution in [-0.4, -0.2) is 47.4 Å². The van der Waals surface area contributed by atoms with Crippen LogP contribution in [0.15, 0.2) is 0 Å². The lowest BCUT2D eigenvalue weighted by molar-refractivity contribution is -0.151. The van der Waals surface area contributed by atoms with Gasteiger partial charge in [0.1, 0.15) is 5.92 Å². The van der Waals surface area contributed by atoms with Gasteiger partial charge in [-0.1, -0.05) is 0 Å². The fraction of sp³-hybridized carbons (Fsp3) is 0.750. The molecule has 1 heterocycles. The SMILES string of the molecule is CC(=O)NCC1CCN(C(=O)C(C)C(=O)O)CC1. The van der Waals surface area contributed by atoms with E-state index in [1.807, 2.05) is 0 Å². The van der Waals surface area contributed by atoms with Gasteiger partial charge in [0.25, 0.3) is 0 Å². The zero-order chi connectivity index (χ0) is 13.7. The average molecular weight is 256 g/mol. The molecule has 1 aliphatic rings. The maximum Gasteiger partial charge on any atom is 0.315 e. The van der Waals surface area contributed by atoms with E-state index >= 15 is 0 Å². The number of carbonyl (C=O) groups excluding carboxylic acids is 2. The summed E-state index contributed by atoms with van der Waals surface area (Å²) in [5, 5.41) is 11.5. The highest BCUT2D eigenvalue weighted by Gasteiger charge is 2.29. The van der Waals surface area contributed by atoms with Crippen LogP contribution in [0.1, 0.15) is 26.7 Å². The lowest BCUT2D eigenvalue weighted by Crippen LogP contribution is -2.44. The Morgan fingerprint density at radius 2 is 1.89 bits per heavy atom. The first-order chi connectivity index (χ1) is 8.41. The molecule has 0 aromatic rings. The normalized spacial score (nSPS) is 18.2. The summed E-state index contributed by atoms with van der Waals surface area (Å²) in [6.45, 7) is 4.66. The Balaban J connectivity index is 2.37. The van der Waals surface area contributed by atoms with E-state index in [0.717, 1.165) is 12.8 Å². The second kappa shape index (κ2) is 6.37. The summed E-state index contributed by atoms with van der Waals surface area (Å²) in [7, 11) is 0. The molecule has 0 saturated carbocycles. The van der Waals surface area contributed by atoms with Gasteiger partial charge in [0.15, 0.2) is 0 Å². The highest BCUT2D eigenvalue weighted by atomic mass is 16.4.